The molecule has 0 heterocycles. The molecule has 0 radical (unpaired) electrons. The molecule has 5 nitrogen and oxygen atoms in total. The lowest BCUT2D eigenvalue weighted by Crippen LogP contribution is -2.48. The molecular weight excluding hydrogens is 242 g/mol. The van der Waals surface area contributed by atoms with Gasteiger partial charge in [0.2, 0.25) is 11.8 Å². The summed E-state index contributed by atoms with van der Waals surface area (Å²) in [6, 6.07) is -0.164. The fourth-order valence-electron chi connectivity index (χ4n) is 2.52. The third-order valence-corrected chi connectivity index (χ3v) is 4.02. The van der Waals surface area contributed by atoms with Crippen molar-refractivity contribution >= 4 is 11.8 Å². The number of amides is 2. The van der Waals surface area contributed by atoms with E-state index in [2.05, 4.69) is 0 Å². The van der Waals surface area contributed by atoms with Crippen LogP contribution in [0.4, 0.5) is 0 Å². The summed E-state index contributed by atoms with van der Waals surface area (Å²) in [5, 5.41) is 0. The molecule has 0 aromatic carbocycles. The number of carbonyl (C=O) groups is 2. The Balaban J connectivity index is 2.46. The Hall–Kier alpha value is -1.10. The number of hydrogen-bond acceptors (Lipinski definition) is 3. The van der Waals surface area contributed by atoms with Crippen LogP contribution in [0.15, 0.2) is 0 Å². The molecule has 1 aliphatic rings. The summed E-state index contributed by atoms with van der Waals surface area (Å²) in [5.74, 6) is -0.154. The molecule has 0 aromatic heterocycles. The molecule has 0 bridgehead atoms. The third kappa shape index (κ3) is 4.49. The van der Waals surface area contributed by atoms with Gasteiger partial charge in [0.05, 0.1) is 12.6 Å². The normalized spacial score (nSPS) is 17.9. The molecule has 19 heavy (non-hydrogen) atoms. The zero-order chi connectivity index (χ0) is 14.4. The first-order chi connectivity index (χ1) is 8.97. The lowest BCUT2D eigenvalue weighted by molar-refractivity contribution is -0.140. The summed E-state index contributed by atoms with van der Waals surface area (Å²) >= 11 is 0. The summed E-state index contributed by atoms with van der Waals surface area (Å²) in [6.45, 7) is 1.99. The minimum absolute atomic E-state index is 0.00560. The van der Waals surface area contributed by atoms with E-state index in [9.17, 15) is 9.59 Å². The van der Waals surface area contributed by atoms with E-state index in [1.807, 2.05) is 14.0 Å². The van der Waals surface area contributed by atoms with Gasteiger partial charge in [0.25, 0.3) is 0 Å². The average molecular weight is 269 g/mol. The Labute approximate surface area is 116 Å². The molecule has 0 saturated heterocycles. The lowest BCUT2D eigenvalue weighted by atomic mass is 9.94. The molecule has 1 saturated carbocycles. The van der Waals surface area contributed by atoms with Crippen molar-refractivity contribution in [3.05, 3.63) is 0 Å². The molecule has 5 heteroatoms. The fourth-order valence-corrected chi connectivity index (χ4v) is 2.52. The smallest absolute Gasteiger partial charge is 0.242 e. The van der Waals surface area contributed by atoms with E-state index < -0.39 is 6.04 Å². The van der Waals surface area contributed by atoms with Crippen LogP contribution in [0.5, 0.6) is 0 Å². The van der Waals surface area contributed by atoms with Gasteiger partial charge in [-0.25, -0.2) is 0 Å². The van der Waals surface area contributed by atoms with Gasteiger partial charge in [0.1, 0.15) is 0 Å². The maximum absolute atomic E-state index is 12.2. The molecule has 1 fully saturated rings. The van der Waals surface area contributed by atoms with Crippen LogP contribution in [-0.2, 0) is 9.59 Å². The highest BCUT2D eigenvalue weighted by Crippen LogP contribution is 2.21. The highest BCUT2D eigenvalue weighted by molar-refractivity contribution is 5.87. The number of rotatable bonds is 5. The molecule has 0 aliphatic heterocycles. The van der Waals surface area contributed by atoms with Gasteiger partial charge in [-0.15, -0.1) is 0 Å². The maximum Gasteiger partial charge on any atom is 0.242 e. The summed E-state index contributed by atoms with van der Waals surface area (Å²) in [7, 11) is 3.49. The van der Waals surface area contributed by atoms with Crippen LogP contribution in [0, 0.1) is 0 Å². The fraction of sp³-hybridized carbons (Fsp3) is 0.857. The standard InChI is InChI=1S/C14H27N3O2/c1-4-12(15)14(19)16(2)10-13(18)17(3)11-8-6-5-7-9-11/h11-12H,4-10,15H2,1-3H3. The van der Waals surface area contributed by atoms with Crippen LogP contribution in [0.1, 0.15) is 45.4 Å². The molecule has 110 valence electrons. The predicted molar refractivity (Wildman–Crippen MR) is 75.5 cm³/mol. The quantitative estimate of drug-likeness (QED) is 0.809. The zero-order valence-electron chi connectivity index (χ0n) is 12.4. The van der Waals surface area contributed by atoms with E-state index in [0.29, 0.717) is 12.5 Å². The van der Waals surface area contributed by atoms with Crippen molar-refractivity contribution in [2.45, 2.75) is 57.5 Å². The van der Waals surface area contributed by atoms with Crippen LogP contribution >= 0.6 is 0 Å². The number of hydrogen-bond donors (Lipinski definition) is 1. The highest BCUT2D eigenvalue weighted by atomic mass is 16.2. The van der Waals surface area contributed by atoms with Gasteiger partial charge in [-0.3, -0.25) is 9.59 Å². The van der Waals surface area contributed by atoms with Crippen molar-refractivity contribution in [3.63, 3.8) is 0 Å². The van der Waals surface area contributed by atoms with Crippen LogP contribution in [0.3, 0.4) is 0 Å². The molecule has 1 atom stereocenters. The molecule has 1 aliphatic carbocycles. The van der Waals surface area contributed by atoms with E-state index in [1.165, 1.54) is 24.2 Å². The first-order valence-corrected chi connectivity index (χ1v) is 7.23. The van der Waals surface area contributed by atoms with Gasteiger partial charge < -0.3 is 15.5 Å². The van der Waals surface area contributed by atoms with Crippen molar-refractivity contribution in [1.82, 2.24) is 9.80 Å². The van der Waals surface area contributed by atoms with Crippen LogP contribution in [0.25, 0.3) is 0 Å². The topological polar surface area (TPSA) is 66.6 Å². The largest absolute Gasteiger partial charge is 0.341 e. The molecule has 2 amide bonds. The molecule has 1 unspecified atom stereocenters. The van der Waals surface area contributed by atoms with Crippen molar-refractivity contribution in [3.8, 4) is 0 Å². The van der Waals surface area contributed by atoms with Gasteiger partial charge >= 0.3 is 0 Å². The summed E-state index contributed by atoms with van der Waals surface area (Å²) in [5.41, 5.74) is 5.70. The maximum atomic E-state index is 12.2. The highest BCUT2D eigenvalue weighted by Gasteiger charge is 2.25. The van der Waals surface area contributed by atoms with Gasteiger partial charge in [0.15, 0.2) is 0 Å². The van der Waals surface area contributed by atoms with Crippen LogP contribution in [-0.4, -0.2) is 54.3 Å². The van der Waals surface area contributed by atoms with Gasteiger partial charge in [-0.05, 0) is 19.3 Å². The van der Waals surface area contributed by atoms with Crippen molar-refractivity contribution in [1.29, 1.82) is 0 Å². The van der Waals surface area contributed by atoms with Crippen molar-refractivity contribution < 1.29 is 9.59 Å². The Kier molecular flexibility index (Phi) is 6.28. The van der Waals surface area contributed by atoms with Gasteiger partial charge in [0, 0.05) is 20.1 Å². The van der Waals surface area contributed by atoms with Gasteiger partial charge in [-0.1, -0.05) is 26.2 Å². The van der Waals surface area contributed by atoms with Crippen molar-refractivity contribution in [2.24, 2.45) is 5.73 Å². The van der Waals surface area contributed by atoms with E-state index in [0.717, 1.165) is 12.8 Å². The Morgan fingerprint density at radius 1 is 1.21 bits per heavy atom. The third-order valence-electron chi connectivity index (χ3n) is 4.02. The van der Waals surface area contributed by atoms with Crippen molar-refractivity contribution in [2.75, 3.05) is 20.6 Å². The van der Waals surface area contributed by atoms with E-state index in [1.54, 1.807) is 11.9 Å². The minimum atomic E-state index is -0.502. The summed E-state index contributed by atoms with van der Waals surface area (Å²) in [6.07, 6.45) is 6.40. The number of nitrogens with two attached hydrogens (primary N) is 1. The van der Waals surface area contributed by atoms with Crippen LogP contribution in [0.2, 0.25) is 0 Å². The average Bonchev–Trinajstić information content (AvgIpc) is 2.45. The van der Waals surface area contributed by atoms with Gasteiger partial charge in [-0.2, -0.15) is 0 Å². The van der Waals surface area contributed by atoms with E-state index >= 15 is 0 Å². The number of nitrogens with zero attached hydrogens (tertiary/aromatic N) is 2. The molecular formula is C14H27N3O2. The zero-order valence-corrected chi connectivity index (χ0v) is 12.4. The Bertz CT molecular complexity index is 314. The molecule has 2 N–H and O–H groups in total. The Morgan fingerprint density at radius 3 is 2.32 bits per heavy atom. The lowest BCUT2D eigenvalue weighted by Gasteiger charge is -2.32. The van der Waals surface area contributed by atoms with E-state index in [4.69, 9.17) is 5.73 Å². The first kappa shape index (κ1) is 16.0. The SMILES string of the molecule is CCC(N)C(=O)N(C)CC(=O)N(C)C1CCCCC1. The molecule has 1 rings (SSSR count). The molecule has 0 aromatic rings. The Morgan fingerprint density at radius 2 is 1.79 bits per heavy atom. The second kappa shape index (κ2) is 7.48. The second-order valence-electron chi connectivity index (χ2n) is 5.51. The second-order valence-corrected chi connectivity index (χ2v) is 5.51. The number of likely N-dealkylation sites (N-methyl/N-ethyl adjacent to an activating group) is 2. The summed E-state index contributed by atoms with van der Waals surface area (Å²) < 4.78 is 0. The molecule has 0 spiro atoms. The summed E-state index contributed by atoms with van der Waals surface area (Å²) in [4.78, 5) is 27.2. The monoisotopic (exact) mass is 269 g/mol. The van der Waals surface area contributed by atoms with E-state index in [-0.39, 0.29) is 18.4 Å². The minimum Gasteiger partial charge on any atom is -0.341 e. The van der Waals surface area contributed by atoms with Crippen LogP contribution < -0.4 is 5.73 Å². The number of carbonyl (C=O) groups excluding carboxylic acids is 2. The first-order valence-electron chi connectivity index (χ1n) is 7.23. The predicted octanol–water partition coefficient (Wildman–Crippen LogP) is 0.973.